The van der Waals surface area contributed by atoms with E-state index < -0.39 is 17.9 Å². The number of carboxylic acid groups (broad SMARTS) is 2. The summed E-state index contributed by atoms with van der Waals surface area (Å²) in [7, 11) is 0. The zero-order valence-electron chi connectivity index (χ0n) is 8.97. The first-order valence-corrected chi connectivity index (χ1v) is 5.89. The van der Waals surface area contributed by atoms with E-state index >= 15 is 0 Å². The second kappa shape index (κ2) is 5.65. The van der Waals surface area contributed by atoms with Gasteiger partial charge in [0.1, 0.15) is 5.92 Å². The molecule has 1 rings (SSSR count). The smallest absolute Gasteiger partial charge is 0.312 e. The molecule has 16 heavy (non-hydrogen) atoms. The maximum atomic E-state index is 10.9. The van der Waals surface area contributed by atoms with Crippen molar-refractivity contribution in [2.75, 3.05) is 0 Å². The summed E-state index contributed by atoms with van der Waals surface area (Å²) in [6.45, 7) is 2.05. The first-order valence-electron chi connectivity index (χ1n) is 5.07. The van der Waals surface area contributed by atoms with Crippen molar-refractivity contribution < 1.29 is 19.8 Å². The molecule has 0 bridgehead atoms. The molecule has 0 aliphatic heterocycles. The van der Waals surface area contributed by atoms with Gasteiger partial charge in [-0.3, -0.25) is 9.59 Å². The van der Waals surface area contributed by atoms with Crippen molar-refractivity contribution in [3.8, 4) is 0 Å². The van der Waals surface area contributed by atoms with Gasteiger partial charge < -0.3 is 10.2 Å². The van der Waals surface area contributed by atoms with Gasteiger partial charge in [0, 0.05) is 9.75 Å². The quantitative estimate of drug-likeness (QED) is 0.803. The minimum absolute atomic E-state index is 0.360. The van der Waals surface area contributed by atoms with Crippen LogP contribution in [0.25, 0.3) is 0 Å². The van der Waals surface area contributed by atoms with E-state index in [1.54, 1.807) is 6.07 Å². The Balaban J connectivity index is 2.84. The molecule has 0 saturated heterocycles. The molecular weight excluding hydrogens is 228 g/mol. The van der Waals surface area contributed by atoms with E-state index in [-0.39, 0.29) is 6.42 Å². The fraction of sp³-hybridized carbons (Fsp3) is 0.455. The summed E-state index contributed by atoms with van der Waals surface area (Å²) < 4.78 is 0. The summed E-state index contributed by atoms with van der Waals surface area (Å²) in [4.78, 5) is 23.2. The van der Waals surface area contributed by atoms with Gasteiger partial charge in [-0.2, -0.15) is 0 Å². The number of rotatable bonds is 6. The minimum Gasteiger partial charge on any atom is -0.481 e. The van der Waals surface area contributed by atoms with Gasteiger partial charge in [0.2, 0.25) is 0 Å². The zero-order valence-corrected chi connectivity index (χ0v) is 9.79. The van der Waals surface area contributed by atoms with Crippen molar-refractivity contribution in [3.63, 3.8) is 0 Å². The van der Waals surface area contributed by atoms with Gasteiger partial charge in [-0.05, 0) is 18.6 Å². The molecule has 0 aliphatic carbocycles. The highest BCUT2D eigenvalue weighted by Gasteiger charge is 2.24. The van der Waals surface area contributed by atoms with E-state index in [0.29, 0.717) is 4.88 Å². The molecule has 0 amide bonds. The molecule has 1 heterocycles. The van der Waals surface area contributed by atoms with E-state index in [9.17, 15) is 9.59 Å². The highest BCUT2D eigenvalue weighted by atomic mass is 32.1. The summed E-state index contributed by atoms with van der Waals surface area (Å²) >= 11 is 1.39. The summed E-state index contributed by atoms with van der Waals surface area (Å²) in [5.74, 6) is -3.08. The van der Waals surface area contributed by atoms with Crippen molar-refractivity contribution >= 4 is 23.3 Å². The normalized spacial score (nSPS) is 12.3. The Morgan fingerprint density at radius 1 is 1.38 bits per heavy atom. The average Bonchev–Trinajstić information content (AvgIpc) is 2.62. The topological polar surface area (TPSA) is 74.6 Å². The Kier molecular flexibility index (Phi) is 4.49. The maximum Gasteiger partial charge on any atom is 0.312 e. The second-order valence-corrected chi connectivity index (χ2v) is 4.74. The summed E-state index contributed by atoms with van der Waals surface area (Å²) in [5, 5.41) is 17.6. The maximum absolute atomic E-state index is 10.9. The van der Waals surface area contributed by atoms with E-state index in [4.69, 9.17) is 10.2 Å². The lowest BCUT2D eigenvalue weighted by Gasteiger charge is -2.06. The minimum atomic E-state index is -1.09. The van der Waals surface area contributed by atoms with E-state index in [1.807, 2.05) is 13.0 Å². The van der Waals surface area contributed by atoms with Crippen LogP contribution in [-0.4, -0.2) is 22.2 Å². The van der Waals surface area contributed by atoms with Crippen LogP contribution in [0.15, 0.2) is 12.1 Å². The number of carboxylic acids is 2. The van der Waals surface area contributed by atoms with Crippen LogP contribution in [0.5, 0.6) is 0 Å². The molecule has 0 radical (unpaired) electrons. The molecule has 0 fully saturated rings. The van der Waals surface area contributed by atoms with E-state index in [0.717, 1.165) is 17.7 Å². The molecule has 0 spiro atoms. The summed E-state index contributed by atoms with van der Waals surface area (Å²) in [5.41, 5.74) is 0. The summed E-state index contributed by atoms with van der Waals surface area (Å²) in [6.07, 6.45) is 1.54. The van der Waals surface area contributed by atoms with Crippen molar-refractivity contribution in [3.05, 3.63) is 21.9 Å². The standard InChI is InChI=1S/C11H14O4S/c1-2-3-7-4-5-9(16-7)8(11(14)15)6-10(12)13/h4-5,8H,2-3,6H2,1H3,(H,12,13)(H,14,15). The molecule has 5 heteroatoms. The number of hydrogen-bond donors (Lipinski definition) is 2. The Morgan fingerprint density at radius 3 is 2.56 bits per heavy atom. The Morgan fingerprint density at radius 2 is 2.06 bits per heavy atom. The molecular formula is C11H14O4S. The number of aryl methyl sites for hydroxylation is 1. The molecule has 4 nitrogen and oxygen atoms in total. The van der Waals surface area contributed by atoms with E-state index in [1.165, 1.54) is 11.3 Å². The molecule has 1 aromatic heterocycles. The number of carbonyl (C=O) groups is 2. The van der Waals surface area contributed by atoms with Crippen LogP contribution >= 0.6 is 11.3 Å². The van der Waals surface area contributed by atoms with Gasteiger partial charge in [0.15, 0.2) is 0 Å². The third kappa shape index (κ3) is 3.34. The average molecular weight is 242 g/mol. The highest BCUT2D eigenvalue weighted by Crippen LogP contribution is 2.28. The summed E-state index contributed by atoms with van der Waals surface area (Å²) in [6, 6.07) is 3.60. The third-order valence-corrected chi connectivity index (χ3v) is 3.46. The molecule has 88 valence electrons. The molecule has 0 saturated carbocycles. The molecule has 1 unspecified atom stereocenters. The van der Waals surface area contributed by atoms with Crippen LogP contribution in [0.2, 0.25) is 0 Å². The van der Waals surface area contributed by atoms with Crippen LogP contribution in [0.3, 0.4) is 0 Å². The van der Waals surface area contributed by atoms with Crippen LogP contribution in [0.1, 0.15) is 35.4 Å². The van der Waals surface area contributed by atoms with Crippen LogP contribution in [0.4, 0.5) is 0 Å². The van der Waals surface area contributed by atoms with Crippen LogP contribution < -0.4 is 0 Å². The second-order valence-electron chi connectivity index (χ2n) is 3.54. The number of thiophene rings is 1. The third-order valence-electron chi connectivity index (χ3n) is 2.20. The Labute approximate surface area is 97.5 Å². The fourth-order valence-electron chi connectivity index (χ4n) is 1.45. The van der Waals surface area contributed by atoms with Gasteiger partial charge in [-0.1, -0.05) is 13.3 Å². The predicted molar refractivity (Wildman–Crippen MR) is 60.9 cm³/mol. The Bertz CT molecular complexity index is 383. The monoisotopic (exact) mass is 242 g/mol. The molecule has 0 aromatic carbocycles. The lowest BCUT2D eigenvalue weighted by atomic mass is 10.0. The lowest BCUT2D eigenvalue weighted by Crippen LogP contribution is -2.14. The van der Waals surface area contributed by atoms with Gasteiger partial charge >= 0.3 is 11.9 Å². The molecule has 1 atom stereocenters. The molecule has 0 aliphatic rings. The number of hydrogen-bond acceptors (Lipinski definition) is 3. The first kappa shape index (κ1) is 12.7. The SMILES string of the molecule is CCCc1ccc(C(CC(=O)O)C(=O)O)s1. The van der Waals surface area contributed by atoms with Crippen molar-refractivity contribution in [2.45, 2.75) is 32.1 Å². The van der Waals surface area contributed by atoms with Gasteiger partial charge in [0.25, 0.3) is 0 Å². The lowest BCUT2D eigenvalue weighted by molar-refractivity contribution is -0.145. The van der Waals surface area contributed by atoms with Crippen molar-refractivity contribution in [1.82, 2.24) is 0 Å². The molecule has 1 aromatic rings. The first-order chi connectivity index (χ1) is 7.54. The zero-order chi connectivity index (χ0) is 12.1. The van der Waals surface area contributed by atoms with E-state index in [2.05, 4.69) is 0 Å². The predicted octanol–water partition coefficient (Wildman–Crippen LogP) is 2.34. The fourth-order valence-corrected chi connectivity index (χ4v) is 2.65. The van der Waals surface area contributed by atoms with Crippen molar-refractivity contribution in [1.29, 1.82) is 0 Å². The van der Waals surface area contributed by atoms with Gasteiger partial charge in [-0.15, -0.1) is 11.3 Å². The molecule has 2 N–H and O–H groups in total. The number of aliphatic carboxylic acids is 2. The Hall–Kier alpha value is -1.36. The highest BCUT2D eigenvalue weighted by molar-refractivity contribution is 7.12. The van der Waals surface area contributed by atoms with Gasteiger partial charge in [-0.25, -0.2) is 0 Å². The van der Waals surface area contributed by atoms with Crippen molar-refractivity contribution in [2.24, 2.45) is 0 Å². The van der Waals surface area contributed by atoms with Crippen LogP contribution in [0, 0.1) is 0 Å². The van der Waals surface area contributed by atoms with Gasteiger partial charge in [0.05, 0.1) is 6.42 Å². The largest absolute Gasteiger partial charge is 0.481 e. The van der Waals surface area contributed by atoms with Crippen LogP contribution in [-0.2, 0) is 16.0 Å².